The number of nitrogens with two attached hydrogens (primary N) is 1. The van der Waals surface area contributed by atoms with E-state index in [0.717, 1.165) is 30.0 Å². The number of cyclic esters (lactones) is 1. The SMILES string of the molecule is NC[C@H]1CN(c2cc(CN3CCCCC3=O)cs2)C(=O)O1. The van der Waals surface area contributed by atoms with E-state index in [-0.39, 0.29) is 18.1 Å². The first-order valence-corrected chi connectivity index (χ1v) is 8.08. The van der Waals surface area contributed by atoms with Crippen LogP contribution in [0.5, 0.6) is 0 Å². The van der Waals surface area contributed by atoms with Crippen molar-refractivity contribution in [2.45, 2.75) is 31.9 Å². The van der Waals surface area contributed by atoms with Gasteiger partial charge in [-0.3, -0.25) is 9.69 Å². The number of carbonyl (C=O) groups is 2. The highest BCUT2D eigenvalue weighted by Crippen LogP contribution is 2.29. The lowest BCUT2D eigenvalue weighted by Crippen LogP contribution is -2.34. The van der Waals surface area contributed by atoms with E-state index in [0.29, 0.717) is 26.1 Å². The molecule has 0 saturated carbocycles. The molecule has 0 spiro atoms. The number of rotatable bonds is 4. The lowest BCUT2D eigenvalue weighted by atomic mass is 10.1. The van der Waals surface area contributed by atoms with E-state index in [1.165, 1.54) is 11.3 Å². The number of anilines is 1. The highest BCUT2D eigenvalue weighted by molar-refractivity contribution is 7.14. The molecule has 2 aliphatic rings. The molecule has 1 atom stereocenters. The van der Waals surface area contributed by atoms with Gasteiger partial charge in [-0.15, -0.1) is 11.3 Å². The summed E-state index contributed by atoms with van der Waals surface area (Å²) in [5, 5.41) is 2.86. The summed E-state index contributed by atoms with van der Waals surface area (Å²) < 4.78 is 5.16. The first kappa shape index (κ1) is 14.3. The number of piperidine rings is 1. The van der Waals surface area contributed by atoms with Gasteiger partial charge in [0.15, 0.2) is 0 Å². The third-order valence-electron chi connectivity index (χ3n) is 3.84. The molecule has 0 radical (unpaired) electrons. The predicted octanol–water partition coefficient (Wildman–Crippen LogP) is 1.54. The van der Waals surface area contributed by atoms with Crippen LogP contribution in [0.4, 0.5) is 9.80 Å². The average Bonchev–Trinajstić information content (AvgIpc) is 3.07. The smallest absolute Gasteiger partial charge is 0.415 e. The molecule has 2 aliphatic heterocycles. The van der Waals surface area contributed by atoms with E-state index in [4.69, 9.17) is 10.5 Å². The zero-order valence-electron chi connectivity index (χ0n) is 11.8. The second-order valence-corrected chi connectivity index (χ2v) is 6.31. The van der Waals surface area contributed by atoms with Crippen LogP contribution < -0.4 is 10.6 Å². The summed E-state index contributed by atoms with van der Waals surface area (Å²) in [4.78, 5) is 27.1. The fraction of sp³-hybridized carbons (Fsp3) is 0.571. The summed E-state index contributed by atoms with van der Waals surface area (Å²) in [5.41, 5.74) is 6.60. The summed E-state index contributed by atoms with van der Waals surface area (Å²) in [6, 6.07) is 1.96. The van der Waals surface area contributed by atoms with Crippen molar-refractivity contribution in [3.63, 3.8) is 0 Å². The Labute approximate surface area is 127 Å². The molecule has 114 valence electrons. The molecular formula is C14H19N3O3S. The number of hydrogen-bond acceptors (Lipinski definition) is 5. The van der Waals surface area contributed by atoms with Gasteiger partial charge < -0.3 is 15.4 Å². The second kappa shape index (κ2) is 6.03. The Balaban J connectivity index is 1.66. The molecule has 3 rings (SSSR count). The van der Waals surface area contributed by atoms with Crippen LogP contribution in [-0.2, 0) is 16.1 Å². The van der Waals surface area contributed by atoms with Crippen molar-refractivity contribution >= 4 is 28.3 Å². The molecule has 21 heavy (non-hydrogen) atoms. The summed E-state index contributed by atoms with van der Waals surface area (Å²) in [7, 11) is 0. The molecule has 0 aliphatic carbocycles. The van der Waals surface area contributed by atoms with E-state index in [1.807, 2.05) is 16.3 Å². The molecule has 0 aromatic carbocycles. The van der Waals surface area contributed by atoms with Crippen molar-refractivity contribution < 1.29 is 14.3 Å². The van der Waals surface area contributed by atoms with Crippen molar-refractivity contribution in [1.29, 1.82) is 0 Å². The largest absolute Gasteiger partial charge is 0.443 e. The topological polar surface area (TPSA) is 75.9 Å². The fourth-order valence-electron chi connectivity index (χ4n) is 2.66. The number of hydrogen-bond donors (Lipinski definition) is 1. The Morgan fingerprint density at radius 3 is 2.95 bits per heavy atom. The molecule has 2 amide bonds. The van der Waals surface area contributed by atoms with E-state index >= 15 is 0 Å². The Morgan fingerprint density at radius 2 is 2.24 bits per heavy atom. The van der Waals surface area contributed by atoms with Crippen LogP contribution in [0.2, 0.25) is 0 Å². The van der Waals surface area contributed by atoms with Crippen LogP contribution >= 0.6 is 11.3 Å². The van der Waals surface area contributed by atoms with Gasteiger partial charge in [0, 0.05) is 26.1 Å². The third kappa shape index (κ3) is 3.03. The normalized spacial score (nSPS) is 22.8. The van der Waals surface area contributed by atoms with Crippen LogP contribution in [0, 0.1) is 0 Å². The van der Waals surface area contributed by atoms with Crippen LogP contribution in [0.15, 0.2) is 11.4 Å². The Morgan fingerprint density at radius 1 is 1.38 bits per heavy atom. The molecule has 0 unspecified atom stereocenters. The third-order valence-corrected chi connectivity index (χ3v) is 4.84. The molecule has 7 heteroatoms. The van der Waals surface area contributed by atoms with E-state index in [9.17, 15) is 9.59 Å². The van der Waals surface area contributed by atoms with Gasteiger partial charge in [-0.25, -0.2) is 4.79 Å². The molecule has 2 fully saturated rings. The van der Waals surface area contributed by atoms with E-state index in [1.54, 1.807) is 4.90 Å². The minimum atomic E-state index is -0.340. The van der Waals surface area contributed by atoms with Crippen LogP contribution in [-0.4, -0.2) is 42.6 Å². The molecule has 1 aromatic rings. The van der Waals surface area contributed by atoms with Gasteiger partial charge in [0.05, 0.1) is 6.54 Å². The predicted molar refractivity (Wildman–Crippen MR) is 80.3 cm³/mol. The van der Waals surface area contributed by atoms with Crippen molar-refractivity contribution in [2.24, 2.45) is 5.73 Å². The number of amides is 2. The maximum Gasteiger partial charge on any atom is 0.415 e. The standard InChI is InChI=1S/C14H19N3O3S/c15-6-11-8-17(14(19)20-11)13-5-10(9-21-13)7-16-4-2-1-3-12(16)18/h5,9,11H,1-4,6-8,15H2/t11-/m0/s1. The number of ether oxygens (including phenoxy) is 1. The van der Waals surface area contributed by atoms with Crippen molar-refractivity contribution in [3.8, 4) is 0 Å². The van der Waals surface area contributed by atoms with Gasteiger partial charge in [0.25, 0.3) is 0 Å². The maximum atomic E-state index is 11.8. The quantitative estimate of drug-likeness (QED) is 0.915. The van der Waals surface area contributed by atoms with Gasteiger partial charge in [-0.1, -0.05) is 0 Å². The molecule has 2 N–H and O–H groups in total. The minimum Gasteiger partial charge on any atom is -0.443 e. The molecule has 0 bridgehead atoms. The Hall–Kier alpha value is -1.60. The van der Waals surface area contributed by atoms with Gasteiger partial charge in [-0.2, -0.15) is 0 Å². The number of nitrogens with zero attached hydrogens (tertiary/aromatic N) is 2. The molecular weight excluding hydrogens is 290 g/mol. The van der Waals surface area contributed by atoms with Crippen LogP contribution in [0.3, 0.4) is 0 Å². The van der Waals surface area contributed by atoms with Crippen molar-refractivity contribution in [3.05, 3.63) is 17.0 Å². The van der Waals surface area contributed by atoms with E-state index < -0.39 is 0 Å². The van der Waals surface area contributed by atoms with Gasteiger partial charge in [-0.05, 0) is 29.9 Å². The van der Waals surface area contributed by atoms with Crippen molar-refractivity contribution in [1.82, 2.24) is 4.90 Å². The van der Waals surface area contributed by atoms with Gasteiger partial charge in [0.2, 0.25) is 5.91 Å². The van der Waals surface area contributed by atoms with Gasteiger partial charge in [0.1, 0.15) is 11.1 Å². The molecule has 1 aromatic heterocycles. The Bertz CT molecular complexity index is 545. The van der Waals surface area contributed by atoms with E-state index in [2.05, 4.69) is 0 Å². The van der Waals surface area contributed by atoms with Crippen molar-refractivity contribution in [2.75, 3.05) is 24.5 Å². The lowest BCUT2D eigenvalue weighted by Gasteiger charge is -2.26. The number of likely N-dealkylation sites (tertiary alicyclic amines) is 1. The number of carbonyl (C=O) groups excluding carboxylic acids is 2. The summed E-state index contributed by atoms with van der Waals surface area (Å²) >= 11 is 1.50. The molecule has 3 heterocycles. The summed E-state index contributed by atoms with van der Waals surface area (Å²) in [6.45, 7) is 2.28. The highest BCUT2D eigenvalue weighted by atomic mass is 32.1. The number of thiophene rings is 1. The fourth-order valence-corrected chi connectivity index (χ4v) is 3.57. The zero-order valence-corrected chi connectivity index (χ0v) is 12.6. The average molecular weight is 309 g/mol. The molecule has 6 nitrogen and oxygen atoms in total. The van der Waals surface area contributed by atoms with Crippen LogP contribution in [0.25, 0.3) is 0 Å². The molecule has 2 saturated heterocycles. The lowest BCUT2D eigenvalue weighted by molar-refractivity contribution is -0.133. The Kier molecular flexibility index (Phi) is 4.12. The second-order valence-electron chi connectivity index (χ2n) is 5.42. The zero-order chi connectivity index (χ0) is 14.8. The summed E-state index contributed by atoms with van der Waals surface area (Å²) in [5.74, 6) is 0.220. The minimum absolute atomic E-state index is 0.220. The highest BCUT2D eigenvalue weighted by Gasteiger charge is 2.32. The summed E-state index contributed by atoms with van der Waals surface area (Å²) in [6.07, 6.45) is 2.14. The maximum absolute atomic E-state index is 11.8. The first-order chi connectivity index (χ1) is 10.2. The van der Waals surface area contributed by atoms with Crippen LogP contribution in [0.1, 0.15) is 24.8 Å². The van der Waals surface area contributed by atoms with Gasteiger partial charge >= 0.3 is 6.09 Å². The first-order valence-electron chi connectivity index (χ1n) is 7.21. The monoisotopic (exact) mass is 309 g/mol.